The summed E-state index contributed by atoms with van der Waals surface area (Å²) in [4.78, 5) is 16.6. The molecule has 1 fully saturated rings. The molecule has 0 saturated carbocycles. The van der Waals surface area contributed by atoms with Crippen LogP contribution in [0, 0.1) is 0 Å². The van der Waals surface area contributed by atoms with Crippen molar-refractivity contribution in [3.05, 3.63) is 58.1 Å². The highest BCUT2D eigenvalue weighted by molar-refractivity contribution is 6.42. The van der Waals surface area contributed by atoms with E-state index >= 15 is 0 Å². The maximum Gasteiger partial charge on any atom is 0.321 e. The second-order valence-corrected chi connectivity index (χ2v) is 7.62. The number of rotatable bonds is 5. The van der Waals surface area contributed by atoms with Gasteiger partial charge in [0.1, 0.15) is 0 Å². The maximum absolute atomic E-state index is 12.5. The molecule has 4 nitrogen and oxygen atoms in total. The van der Waals surface area contributed by atoms with Crippen molar-refractivity contribution in [3.63, 3.8) is 0 Å². The van der Waals surface area contributed by atoms with E-state index in [4.69, 9.17) is 23.2 Å². The van der Waals surface area contributed by atoms with Crippen molar-refractivity contribution in [1.82, 2.24) is 4.90 Å². The second kappa shape index (κ2) is 9.34. The first kappa shape index (κ1) is 19.8. The molecule has 27 heavy (non-hydrogen) atoms. The van der Waals surface area contributed by atoms with Crippen molar-refractivity contribution in [1.29, 1.82) is 0 Å². The molecule has 0 aromatic heterocycles. The number of anilines is 2. The molecular weight excluding hydrogens is 381 g/mol. The monoisotopic (exact) mass is 405 g/mol. The number of amides is 2. The number of carbonyl (C=O) groups is 1. The standard InChI is InChI=1S/C21H25Cl2N3O/c1-2-3-4-16-5-7-17(8-6-16)24-21(27)26-13-11-25(12-14-26)18-9-10-19(22)20(23)15-18/h5-10,15H,2-4,11-14H2,1H3,(H,24,27). The summed E-state index contributed by atoms with van der Waals surface area (Å²) in [6.45, 7) is 5.06. The predicted molar refractivity (Wildman–Crippen MR) is 114 cm³/mol. The normalized spacial score (nSPS) is 14.3. The average molecular weight is 406 g/mol. The van der Waals surface area contributed by atoms with Gasteiger partial charge in [-0.2, -0.15) is 0 Å². The first-order valence-corrected chi connectivity index (χ1v) is 10.2. The highest BCUT2D eigenvalue weighted by atomic mass is 35.5. The molecule has 6 heteroatoms. The Hall–Kier alpha value is -1.91. The predicted octanol–water partition coefficient (Wildman–Crippen LogP) is 5.69. The van der Waals surface area contributed by atoms with Crippen molar-refractivity contribution >= 4 is 40.6 Å². The van der Waals surface area contributed by atoms with Crippen LogP contribution in [0.5, 0.6) is 0 Å². The molecule has 1 N–H and O–H groups in total. The van der Waals surface area contributed by atoms with E-state index in [9.17, 15) is 4.79 Å². The lowest BCUT2D eigenvalue weighted by Gasteiger charge is -2.36. The number of piperazine rings is 1. The number of hydrogen-bond acceptors (Lipinski definition) is 2. The zero-order valence-electron chi connectivity index (χ0n) is 15.5. The number of nitrogens with one attached hydrogen (secondary N) is 1. The lowest BCUT2D eigenvalue weighted by Crippen LogP contribution is -2.50. The summed E-state index contributed by atoms with van der Waals surface area (Å²) in [5, 5.41) is 4.10. The van der Waals surface area contributed by atoms with Crippen molar-refractivity contribution in [2.45, 2.75) is 26.2 Å². The molecule has 0 unspecified atom stereocenters. The first-order valence-electron chi connectivity index (χ1n) is 9.41. The van der Waals surface area contributed by atoms with Crippen LogP contribution in [0.1, 0.15) is 25.3 Å². The van der Waals surface area contributed by atoms with Crippen LogP contribution in [0.15, 0.2) is 42.5 Å². The van der Waals surface area contributed by atoms with Crippen LogP contribution >= 0.6 is 23.2 Å². The molecule has 0 atom stereocenters. The third kappa shape index (κ3) is 5.30. The lowest BCUT2D eigenvalue weighted by atomic mass is 10.1. The van der Waals surface area contributed by atoms with Gasteiger partial charge < -0.3 is 15.1 Å². The molecule has 0 radical (unpaired) electrons. The summed E-state index contributed by atoms with van der Waals surface area (Å²) >= 11 is 12.1. The Labute approximate surface area is 171 Å². The third-order valence-corrected chi connectivity index (χ3v) is 5.60. The van der Waals surface area contributed by atoms with E-state index in [1.54, 1.807) is 0 Å². The van der Waals surface area contributed by atoms with Crippen LogP contribution in [-0.2, 0) is 6.42 Å². The number of hydrogen-bond donors (Lipinski definition) is 1. The number of unbranched alkanes of at least 4 members (excludes halogenated alkanes) is 1. The van der Waals surface area contributed by atoms with Crippen LogP contribution in [0.4, 0.5) is 16.2 Å². The fourth-order valence-corrected chi connectivity index (χ4v) is 3.48. The van der Waals surface area contributed by atoms with Crippen LogP contribution in [0.25, 0.3) is 0 Å². The molecule has 1 saturated heterocycles. The van der Waals surface area contributed by atoms with E-state index in [2.05, 4.69) is 29.3 Å². The van der Waals surface area contributed by atoms with Gasteiger partial charge in [0.2, 0.25) is 0 Å². The number of aryl methyl sites for hydroxylation is 1. The van der Waals surface area contributed by atoms with Crippen LogP contribution in [-0.4, -0.2) is 37.1 Å². The molecule has 1 aliphatic heterocycles. The largest absolute Gasteiger partial charge is 0.368 e. The molecule has 1 aliphatic rings. The summed E-state index contributed by atoms with van der Waals surface area (Å²) in [7, 11) is 0. The molecule has 0 aliphatic carbocycles. The van der Waals surface area contributed by atoms with Gasteiger partial charge in [0.15, 0.2) is 0 Å². The van der Waals surface area contributed by atoms with Gasteiger partial charge in [-0.15, -0.1) is 0 Å². The summed E-state index contributed by atoms with van der Waals surface area (Å²) in [6, 6.07) is 13.7. The van der Waals surface area contributed by atoms with Gasteiger partial charge >= 0.3 is 6.03 Å². The highest BCUT2D eigenvalue weighted by Gasteiger charge is 2.21. The van der Waals surface area contributed by atoms with Crippen LogP contribution < -0.4 is 10.2 Å². The number of halogens is 2. The van der Waals surface area contributed by atoms with Crippen molar-refractivity contribution in [2.24, 2.45) is 0 Å². The Morgan fingerprint density at radius 1 is 1.00 bits per heavy atom. The minimum atomic E-state index is -0.0508. The second-order valence-electron chi connectivity index (χ2n) is 6.80. The molecule has 1 heterocycles. The van der Waals surface area contributed by atoms with Crippen LogP contribution in [0.2, 0.25) is 10.0 Å². The number of urea groups is 1. The van der Waals surface area contributed by atoms with E-state index in [0.717, 1.165) is 30.9 Å². The number of nitrogens with zero attached hydrogens (tertiary/aromatic N) is 2. The lowest BCUT2D eigenvalue weighted by molar-refractivity contribution is 0.208. The topological polar surface area (TPSA) is 35.6 Å². The van der Waals surface area contributed by atoms with Crippen molar-refractivity contribution < 1.29 is 4.79 Å². The molecule has 0 bridgehead atoms. The Balaban J connectivity index is 1.51. The zero-order chi connectivity index (χ0) is 19.2. The molecule has 2 aromatic carbocycles. The summed E-state index contributed by atoms with van der Waals surface area (Å²) in [5.41, 5.74) is 3.18. The summed E-state index contributed by atoms with van der Waals surface area (Å²) < 4.78 is 0. The van der Waals surface area contributed by atoms with E-state index in [0.29, 0.717) is 23.1 Å². The van der Waals surface area contributed by atoms with E-state index < -0.39 is 0 Å². The SMILES string of the molecule is CCCCc1ccc(NC(=O)N2CCN(c3ccc(Cl)c(Cl)c3)CC2)cc1. The summed E-state index contributed by atoms with van der Waals surface area (Å²) in [5.74, 6) is 0. The van der Waals surface area contributed by atoms with Gasteiger partial charge in [0, 0.05) is 37.6 Å². The van der Waals surface area contributed by atoms with Gasteiger partial charge in [-0.25, -0.2) is 4.79 Å². The quantitative estimate of drug-likeness (QED) is 0.693. The van der Waals surface area contributed by atoms with Gasteiger partial charge in [-0.3, -0.25) is 0 Å². The minimum absolute atomic E-state index is 0.0508. The summed E-state index contributed by atoms with van der Waals surface area (Å²) in [6.07, 6.45) is 3.46. The number of benzene rings is 2. The molecule has 2 amide bonds. The highest BCUT2D eigenvalue weighted by Crippen LogP contribution is 2.27. The van der Waals surface area contributed by atoms with Gasteiger partial charge in [-0.05, 0) is 48.7 Å². The average Bonchev–Trinajstić information content (AvgIpc) is 2.69. The fraction of sp³-hybridized carbons (Fsp3) is 0.381. The zero-order valence-corrected chi connectivity index (χ0v) is 17.1. The Morgan fingerprint density at radius 3 is 2.33 bits per heavy atom. The van der Waals surface area contributed by atoms with E-state index in [1.165, 1.54) is 18.4 Å². The van der Waals surface area contributed by atoms with Crippen LogP contribution in [0.3, 0.4) is 0 Å². The van der Waals surface area contributed by atoms with Gasteiger partial charge in [0.25, 0.3) is 0 Å². The Bertz CT molecular complexity index is 771. The van der Waals surface area contributed by atoms with Crippen molar-refractivity contribution in [3.8, 4) is 0 Å². The maximum atomic E-state index is 12.5. The fourth-order valence-electron chi connectivity index (χ4n) is 3.19. The Kier molecular flexibility index (Phi) is 6.86. The Morgan fingerprint density at radius 2 is 1.70 bits per heavy atom. The molecule has 2 aromatic rings. The van der Waals surface area contributed by atoms with E-state index in [-0.39, 0.29) is 6.03 Å². The smallest absolute Gasteiger partial charge is 0.321 e. The van der Waals surface area contributed by atoms with E-state index in [1.807, 2.05) is 35.2 Å². The molecule has 0 spiro atoms. The third-order valence-electron chi connectivity index (χ3n) is 4.86. The van der Waals surface area contributed by atoms with Crippen molar-refractivity contribution in [2.75, 3.05) is 36.4 Å². The molecule has 144 valence electrons. The molecule has 3 rings (SSSR count). The minimum Gasteiger partial charge on any atom is -0.368 e. The number of carbonyl (C=O) groups excluding carboxylic acids is 1. The van der Waals surface area contributed by atoms with Gasteiger partial charge in [-0.1, -0.05) is 48.7 Å². The molecular formula is C21H25Cl2N3O. The first-order chi connectivity index (χ1) is 13.1. The van der Waals surface area contributed by atoms with Gasteiger partial charge in [0.05, 0.1) is 10.0 Å².